The molecule has 1 aliphatic rings. The molecule has 0 unspecified atom stereocenters. The predicted octanol–water partition coefficient (Wildman–Crippen LogP) is 1.61. The minimum atomic E-state index is -0.559. The second kappa shape index (κ2) is 6.66. The molecule has 0 atom stereocenters. The van der Waals surface area contributed by atoms with Crippen LogP contribution in [-0.2, 0) is 4.79 Å². The zero-order valence-electron chi connectivity index (χ0n) is 11.1. The van der Waals surface area contributed by atoms with Crippen molar-refractivity contribution < 1.29 is 14.5 Å². The Balaban J connectivity index is 1.83. The Morgan fingerprint density at radius 1 is 1.29 bits per heavy atom. The van der Waals surface area contributed by atoms with Gasteiger partial charge in [-0.05, 0) is 40.9 Å². The zero-order chi connectivity index (χ0) is 15.4. The van der Waals surface area contributed by atoms with Crippen LogP contribution in [0.1, 0.15) is 23.2 Å². The maximum atomic E-state index is 11.9. The molecule has 1 aromatic carbocycles. The lowest BCUT2D eigenvalue weighted by molar-refractivity contribution is -0.385. The highest BCUT2D eigenvalue weighted by molar-refractivity contribution is 9.10. The number of halogens is 1. The molecule has 0 saturated heterocycles. The SMILES string of the molecule is O=C(NCCNC(=O)C1CC1)c1ccc(Br)c([N+](=O)[O-])c1. The quantitative estimate of drug-likeness (QED) is 0.459. The number of nitrogens with one attached hydrogen (secondary N) is 2. The van der Waals surface area contributed by atoms with E-state index >= 15 is 0 Å². The van der Waals surface area contributed by atoms with E-state index in [4.69, 9.17) is 0 Å². The Hall–Kier alpha value is -1.96. The largest absolute Gasteiger partial charge is 0.354 e. The molecule has 0 heterocycles. The van der Waals surface area contributed by atoms with Crippen molar-refractivity contribution in [1.82, 2.24) is 10.6 Å². The molecule has 2 rings (SSSR count). The number of nitro groups is 1. The van der Waals surface area contributed by atoms with E-state index in [0.29, 0.717) is 11.0 Å². The molecule has 7 nitrogen and oxygen atoms in total. The van der Waals surface area contributed by atoms with Crippen LogP contribution in [0.5, 0.6) is 0 Å². The topological polar surface area (TPSA) is 101 Å². The van der Waals surface area contributed by atoms with Crippen LogP contribution in [-0.4, -0.2) is 29.8 Å². The fourth-order valence-corrected chi connectivity index (χ4v) is 2.14. The minimum Gasteiger partial charge on any atom is -0.354 e. The van der Waals surface area contributed by atoms with Gasteiger partial charge in [0, 0.05) is 30.6 Å². The highest BCUT2D eigenvalue weighted by atomic mass is 79.9. The van der Waals surface area contributed by atoms with Gasteiger partial charge in [0.1, 0.15) is 0 Å². The number of amides is 2. The number of hydrogen-bond donors (Lipinski definition) is 2. The summed E-state index contributed by atoms with van der Waals surface area (Å²) >= 11 is 3.06. The summed E-state index contributed by atoms with van der Waals surface area (Å²) in [5.41, 5.74) is 0.0445. The molecular formula is C13H14BrN3O4. The Labute approximate surface area is 129 Å². The molecule has 0 aromatic heterocycles. The van der Waals surface area contributed by atoms with Crippen LogP contribution in [0.25, 0.3) is 0 Å². The van der Waals surface area contributed by atoms with Crippen molar-refractivity contribution in [1.29, 1.82) is 0 Å². The monoisotopic (exact) mass is 355 g/mol. The summed E-state index contributed by atoms with van der Waals surface area (Å²) in [6.45, 7) is 0.626. The second-order valence-corrected chi connectivity index (χ2v) is 5.60. The van der Waals surface area contributed by atoms with Crippen LogP contribution in [0.4, 0.5) is 5.69 Å². The number of carbonyl (C=O) groups excluding carboxylic acids is 2. The molecular weight excluding hydrogens is 342 g/mol. The lowest BCUT2D eigenvalue weighted by Gasteiger charge is -2.07. The average molecular weight is 356 g/mol. The van der Waals surface area contributed by atoms with Gasteiger partial charge in [-0.3, -0.25) is 19.7 Å². The van der Waals surface area contributed by atoms with Gasteiger partial charge < -0.3 is 10.6 Å². The second-order valence-electron chi connectivity index (χ2n) is 4.74. The summed E-state index contributed by atoms with van der Waals surface area (Å²) in [7, 11) is 0. The number of nitrogens with zero attached hydrogens (tertiary/aromatic N) is 1. The number of hydrogen-bond acceptors (Lipinski definition) is 4. The number of rotatable bonds is 6. The summed E-state index contributed by atoms with van der Waals surface area (Å²) in [5, 5.41) is 16.1. The van der Waals surface area contributed by atoms with Gasteiger partial charge in [-0.15, -0.1) is 0 Å². The summed E-state index contributed by atoms with van der Waals surface area (Å²) in [6.07, 6.45) is 1.86. The fraction of sp³-hybridized carbons (Fsp3) is 0.385. The van der Waals surface area contributed by atoms with Crippen molar-refractivity contribution in [2.75, 3.05) is 13.1 Å². The third-order valence-corrected chi connectivity index (χ3v) is 3.73. The first-order valence-corrected chi connectivity index (χ1v) is 7.28. The van der Waals surface area contributed by atoms with E-state index in [1.54, 1.807) is 0 Å². The van der Waals surface area contributed by atoms with Crippen LogP contribution in [0.3, 0.4) is 0 Å². The van der Waals surface area contributed by atoms with Crippen LogP contribution in [0.2, 0.25) is 0 Å². The Kier molecular flexibility index (Phi) is 4.89. The first-order valence-electron chi connectivity index (χ1n) is 6.49. The highest BCUT2D eigenvalue weighted by Gasteiger charge is 2.29. The normalized spacial score (nSPS) is 13.6. The minimum absolute atomic E-state index is 0.0172. The molecule has 2 amide bonds. The summed E-state index contributed by atoms with van der Waals surface area (Å²) < 4.78 is 0.320. The first-order chi connectivity index (χ1) is 9.99. The van der Waals surface area contributed by atoms with Gasteiger partial charge in [0.05, 0.1) is 9.40 Å². The maximum absolute atomic E-state index is 11.9. The number of carbonyl (C=O) groups is 2. The third kappa shape index (κ3) is 4.25. The lowest BCUT2D eigenvalue weighted by Crippen LogP contribution is -2.35. The van der Waals surface area contributed by atoms with E-state index in [-0.39, 0.29) is 29.6 Å². The highest BCUT2D eigenvalue weighted by Crippen LogP contribution is 2.28. The van der Waals surface area contributed by atoms with Crippen LogP contribution in [0, 0.1) is 16.0 Å². The number of nitro benzene ring substituents is 1. The fourth-order valence-electron chi connectivity index (χ4n) is 1.75. The molecule has 0 spiro atoms. The Morgan fingerprint density at radius 2 is 1.95 bits per heavy atom. The van der Waals surface area contributed by atoms with Gasteiger partial charge in [-0.2, -0.15) is 0 Å². The van der Waals surface area contributed by atoms with Crippen molar-refractivity contribution in [3.05, 3.63) is 38.3 Å². The molecule has 1 aromatic rings. The molecule has 1 saturated carbocycles. The maximum Gasteiger partial charge on any atom is 0.284 e. The summed E-state index contributed by atoms with van der Waals surface area (Å²) in [5.74, 6) is -0.260. The van der Waals surface area contributed by atoms with Gasteiger partial charge in [-0.25, -0.2) is 0 Å². The van der Waals surface area contributed by atoms with Gasteiger partial charge in [-0.1, -0.05) is 0 Å². The molecule has 0 radical (unpaired) electrons. The molecule has 1 aliphatic carbocycles. The lowest BCUT2D eigenvalue weighted by atomic mass is 10.2. The molecule has 21 heavy (non-hydrogen) atoms. The molecule has 8 heteroatoms. The van der Waals surface area contributed by atoms with E-state index in [9.17, 15) is 19.7 Å². The van der Waals surface area contributed by atoms with Crippen molar-refractivity contribution >= 4 is 33.4 Å². The van der Waals surface area contributed by atoms with E-state index in [2.05, 4.69) is 26.6 Å². The molecule has 1 fully saturated rings. The van der Waals surface area contributed by atoms with E-state index in [1.165, 1.54) is 18.2 Å². The molecule has 112 valence electrons. The van der Waals surface area contributed by atoms with E-state index in [1.807, 2.05) is 0 Å². The van der Waals surface area contributed by atoms with Gasteiger partial charge >= 0.3 is 0 Å². The van der Waals surface area contributed by atoms with Crippen molar-refractivity contribution in [2.45, 2.75) is 12.8 Å². The van der Waals surface area contributed by atoms with Crippen molar-refractivity contribution in [2.24, 2.45) is 5.92 Å². The molecule has 0 bridgehead atoms. The van der Waals surface area contributed by atoms with Crippen molar-refractivity contribution in [3.63, 3.8) is 0 Å². The van der Waals surface area contributed by atoms with Gasteiger partial charge in [0.25, 0.3) is 11.6 Å². The van der Waals surface area contributed by atoms with Crippen LogP contribution in [0.15, 0.2) is 22.7 Å². The standard InChI is InChI=1S/C13H14BrN3O4/c14-10-4-3-9(7-11(10)17(20)21)13(19)16-6-5-15-12(18)8-1-2-8/h3-4,7-8H,1-2,5-6H2,(H,15,18)(H,16,19). The molecule has 2 N–H and O–H groups in total. The van der Waals surface area contributed by atoms with Crippen LogP contribution >= 0.6 is 15.9 Å². The average Bonchev–Trinajstić information content (AvgIpc) is 3.27. The summed E-state index contributed by atoms with van der Waals surface area (Å²) in [6, 6.07) is 4.17. The molecule has 0 aliphatic heterocycles. The summed E-state index contributed by atoms with van der Waals surface area (Å²) in [4.78, 5) is 33.5. The van der Waals surface area contributed by atoms with Gasteiger partial charge in [0.2, 0.25) is 5.91 Å². The smallest absolute Gasteiger partial charge is 0.284 e. The van der Waals surface area contributed by atoms with Crippen LogP contribution < -0.4 is 10.6 Å². The number of benzene rings is 1. The predicted molar refractivity (Wildman–Crippen MR) is 78.9 cm³/mol. The van der Waals surface area contributed by atoms with E-state index in [0.717, 1.165) is 12.8 Å². The van der Waals surface area contributed by atoms with Gasteiger partial charge in [0.15, 0.2) is 0 Å². The van der Waals surface area contributed by atoms with Crippen molar-refractivity contribution in [3.8, 4) is 0 Å². The first kappa shape index (κ1) is 15.4. The Bertz CT molecular complexity index is 587. The third-order valence-electron chi connectivity index (χ3n) is 3.06. The zero-order valence-corrected chi connectivity index (χ0v) is 12.7. The Morgan fingerprint density at radius 3 is 2.57 bits per heavy atom. The van der Waals surface area contributed by atoms with E-state index < -0.39 is 10.8 Å².